The van der Waals surface area contributed by atoms with Gasteiger partial charge in [-0.1, -0.05) is 18.2 Å². The van der Waals surface area contributed by atoms with Gasteiger partial charge in [-0.2, -0.15) is 8.51 Å². The second kappa shape index (κ2) is 3.94. The van der Waals surface area contributed by atoms with Gasteiger partial charge in [0.15, 0.2) is 0 Å². The molecule has 2 unspecified atom stereocenters. The fourth-order valence-electron chi connectivity index (χ4n) is 1.91. The number of hydrogen-bond donors (Lipinski definition) is 0. The fourth-order valence-corrected chi connectivity index (χ4v) is 3.01. The Morgan fingerprint density at radius 3 is 2.73 bits per heavy atom. The van der Waals surface area contributed by atoms with Gasteiger partial charge < -0.3 is 4.18 Å². The molecule has 1 aliphatic heterocycles. The van der Waals surface area contributed by atoms with Crippen LogP contribution in [0.3, 0.4) is 0 Å². The third-order valence-electron chi connectivity index (χ3n) is 2.59. The van der Waals surface area contributed by atoms with Crippen molar-refractivity contribution in [2.75, 3.05) is 0 Å². The number of para-hydroxylation sites is 1. The SMILES string of the molecule is CC(C)N1C(C)c2ccccc2OS1=O. The maximum Gasteiger partial charge on any atom is 0.291 e. The van der Waals surface area contributed by atoms with E-state index in [2.05, 4.69) is 6.92 Å². The first kappa shape index (κ1) is 10.6. The fraction of sp³-hybridized carbons (Fsp3) is 0.455. The highest BCUT2D eigenvalue weighted by molar-refractivity contribution is 7.78. The maximum atomic E-state index is 11.8. The topological polar surface area (TPSA) is 29.5 Å². The molecule has 2 rings (SSSR count). The van der Waals surface area contributed by atoms with Crippen LogP contribution in [0, 0.1) is 0 Å². The zero-order chi connectivity index (χ0) is 11.0. The summed E-state index contributed by atoms with van der Waals surface area (Å²) in [6, 6.07) is 8.09. The summed E-state index contributed by atoms with van der Waals surface area (Å²) in [5.74, 6) is 0.736. The largest absolute Gasteiger partial charge is 0.389 e. The molecule has 0 spiro atoms. The lowest BCUT2D eigenvalue weighted by Gasteiger charge is -2.35. The number of benzene rings is 1. The zero-order valence-electron chi connectivity index (χ0n) is 9.14. The van der Waals surface area contributed by atoms with E-state index in [0.29, 0.717) is 0 Å². The molecule has 1 heterocycles. The molecule has 0 aromatic heterocycles. The van der Waals surface area contributed by atoms with Gasteiger partial charge in [-0.05, 0) is 26.8 Å². The lowest BCUT2D eigenvalue weighted by molar-refractivity contribution is 0.267. The van der Waals surface area contributed by atoms with Crippen molar-refractivity contribution in [3.63, 3.8) is 0 Å². The van der Waals surface area contributed by atoms with E-state index in [1.54, 1.807) is 0 Å². The zero-order valence-corrected chi connectivity index (χ0v) is 9.95. The summed E-state index contributed by atoms with van der Waals surface area (Å²) in [5, 5.41) is 0. The molecule has 0 saturated heterocycles. The molecule has 1 aliphatic rings. The van der Waals surface area contributed by atoms with E-state index in [1.807, 2.05) is 42.4 Å². The van der Waals surface area contributed by atoms with Crippen molar-refractivity contribution in [3.8, 4) is 5.75 Å². The minimum absolute atomic E-state index is 0.135. The van der Waals surface area contributed by atoms with Crippen LogP contribution in [-0.2, 0) is 11.3 Å². The third kappa shape index (κ3) is 1.79. The standard InChI is InChI=1S/C11H15NO2S/c1-8(2)12-9(3)10-6-4-5-7-11(10)14-15(12)13/h4-9H,1-3H3. The molecule has 0 bridgehead atoms. The molecule has 1 aromatic rings. The highest BCUT2D eigenvalue weighted by Gasteiger charge is 2.32. The van der Waals surface area contributed by atoms with E-state index in [4.69, 9.17) is 4.18 Å². The first-order valence-corrected chi connectivity index (χ1v) is 6.12. The van der Waals surface area contributed by atoms with E-state index >= 15 is 0 Å². The van der Waals surface area contributed by atoms with Gasteiger partial charge in [-0.15, -0.1) is 0 Å². The maximum absolute atomic E-state index is 11.8. The van der Waals surface area contributed by atoms with Crippen LogP contribution in [0.4, 0.5) is 0 Å². The lowest BCUT2D eigenvalue weighted by Crippen LogP contribution is -2.40. The molecule has 4 heteroatoms. The molecule has 3 nitrogen and oxygen atoms in total. The number of rotatable bonds is 1. The minimum Gasteiger partial charge on any atom is -0.389 e. The summed E-state index contributed by atoms with van der Waals surface area (Å²) in [5.41, 5.74) is 1.10. The molecule has 0 fully saturated rings. The van der Waals surface area contributed by atoms with Gasteiger partial charge in [0.25, 0.3) is 11.3 Å². The van der Waals surface area contributed by atoms with Crippen molar-refractivity contribution in [3.05, 3.63) is 29.8 Å². The highest BCUT2D eigenvalue weighted by atomic mass is 32.2. The summed E-state index contributed by atoms with van der Waals surface area (Å²) >= 11 is -1.37. The summed E-state index contributed by atoms with van der Waals surface area (Å²) in [6.07, 6.45) is 0. The molecule has 2 atom stereocenters. The van der Waals surface area contributed by atoms with Crippen molar-refractivity contribution in [1.29, 1.82) is 0 Å². The molecule has 0 saturated carbocycles. The lowest BCUT2D eigenvalue weighted by atomic mass is 10.1. The first-order chi connectivity index (χ1) is 7.11. The molecule has 15 heavy (non-hydrogen) atoms. The second-order valence-electron chi connectivity index (χ2n) is 3.97. The minimum atomic E-state index is -1.37. The van der Waals surface area contributed by atoms with Crippen LogP contribution in [0.25, 0.3) is 0 Å². The van der Waals surface area contributed by atoms with Crippen LogP contribution in [0.1, 0.15) is 32.4 Å². The normalized spacial score (nSPS) is 26.1. The predicted molar refractivity (Wildman–Crippen MR) is 60.6 cm³/mol. The van der Waals surface area contributed by atoms with E-state index in [0.717, 1.165) is 11.3 Å². The summed E-state index contributed by atoms with van der Waals surface area (Å²) in [6.45, 7) is 6.09. The Kier molecular flexibility index (Phi) is 2.80. The molecule has 0 N–H and O–H groups in total. The molecular formula is C11H15NO2S. The van der Waals surface area contributed by atoms with Crippen LogP contribution >= 0.6 is 0 Å². The Balaban J connectivity index is 2.43. The Labute approximate surface area is 92.8 Å². The van der Waals surface area contributed by atoms with Gasteiger partial charge in [0.1, 0.15) is 5.75 Å². The first-order valence-electron chi connectivity index (χ1n) is 5.08. The van der Waals surface area contributed by atoms with Crippen molar-refractivity contribution in [2.24, 2.45) is 0 Å². The Hall–Kier alpha value is -0.870. The average Bonchev–Trinajstić information content (AvgIpc) is 2.17. The van der Waals surface area contributed by atoms with Crippen molar-refractivity contribution in [2.45, 2.75) is 32.9 Å². The summed E-state index contributed by atoms with van der Waals surface area (Å²) in [7, 11) is 0. The van der Waals surface area contributed by atoms with E-state index in [-0.39, 0.29) is 12.1 Å². The van der Waals surface area contributed by atoms with Crippen molar-refractivity contribution in [1.82, 2.24) is 4.31 Å². The molecular weight excluding hydrogens is 210 g/mol. The molecule has 82 valence electrons. The highest BCUT2D eigenvalue weighted by Crippen LogP contribution is 2.36. The van der Waals surface area contributed by atoms with E-state index < -0.39 is 11.3 Å². The van der Waals surface area contributed by atoms with Crippen LogP contribution in [0.2, 0.25) is 0 Å². The van der Waals surface area contributed by atoms with Crippen LogP contribution in [-0.4, -0.2) is 14.6 Å². The van der Waals surface area contributed by atoms with Crippen LogP contribution < -0.4 is 4.18 Å². The van der Waals surface area contributed by atoms with Crippen LogP contribution in [0.5, 0.6) is 5.75 Å². The second-order valence-corrected chi connectivity index (χ2v) is 4.99. The average molecular weight is 225 g/mol. The number of hydrogen-bond acceptors (Lipinski definition) is 2. The van der Waals surface area contributed by atoms with Gasteiger partial charge in [0.2, 0.25) is 0 Å². The number of nitrogens with zero attached hydrogens (tertiary/aromatic N) is 1. The number of fused-ring (bicyclic) bond motifs is 1. The third-order valence-corrected chi connectivity index (χ3v) is 4.00. The predicted octanol–water partition coefficient (Wildman–Crippen LogP) is 2.43. The molecule has 1 aromatic carbocycles. The Morgan fingerprint density at radius 1 is 1.40 bits per heavy atom. The van der Waals surface area contributed by atoms with Crippen molar-refractivity contribution >= 4 is 11.3 Å². The van der Waals surface area contributed by atoms with E-state index in [1.165, 1.54) is 0 Å². The summed E-state index contributed by atoms with van der Waals surface area (Å²) in [4.78, 5) is 0. The smallest absolute Gasteiger partial charge is 0.291 e. The Morgan fingerprint density at radius 2 is 2.07 bits per heavy atom. The monoisotopic (exact) mass is 225 g/mol. The van der Waals surface area contributed by atoms with Crippen molar-refractivity contribution < 1.29 is 8.39 Å². The van der Waals surface area contributed by atoms with Gasteiger partial charge in [-0.25, -0.2) is 0 Å². The van der Waals surface area contributed by atoms with Gasteiger partial charge >= 0.3 is 0 Å². The van der Waals surface area contributed by atoms with Gasteiger partial charge in [0.05, 0.1) is 6.04 Å². The van der Waals surface area contributed by atoms with Gasteiger partial charge in [-0.3, -0.25) is 0 Å². The summed E-state index contributed by atoms with van der Waals surface area (Å²) < 4.78 is 19.1. The quantitative estimate of drug-likeness (QED) is 0.734. The molecule has 0 aliphatic carbocycles. The van der Waals surface area contributed by atoms with E-state index in [9.17, 15) is 4.21 Å². The van der Waals surface area contributed by atoms with Crippen LogP contribution in [0.15, 0.2) is 24.3 Å². The van der Waals surface area contributed by atoms with Gasteiger partial charge in [0, 0.05) is 11.6 Å². The molecule has 0 radical (unpaired) electrons. The molecule has 0 amide bonds. The Bertz CT molecular complexity index is 392.